The third-order valence-electron chi connectivity index (χ3n) is 1.15. The molecule has 0 heterocycles. The number of nitrogens with zero attached hydrogens (tertiary/aromatic N) is 3. The van der Waals surface area contributed by atoms with E-state index in [0.29, 0.717) is 13.0 Å². The van der Waals surface area contributed by atoms with E-state index in [2.05, 4.69) is 74.5 Å². The van der Waals surface area contributed by atoms with Gasteiger partial charge in [0.25, 0.3) is 0 Å². The fraction of sp³-hybridized carbons (Fsp3) is 0.667. The molecule has 0 N–H and O–H groups in total. The Bertz CT molecular complexity index is 228. The van der Waals surface area contributed by atoms with E-state index in [1.54, 1.807) is 14.7 Å². The van der Waals surface area contributed by atoms with Gasteiger partial charge < -0.3 is 14.7 Å². The Kier molecular flexibility index (Phi) is 25.9. The van der Waals surface area contributed by atoms with Crippen LogP contribution < -0.4 is 0 Å². The average Bonchev–Trinajstić information content (AvgIpc) is 2.18. The minimum Gasteiger partial charge on any atom is -0.364 e. The van der Waals surface area contributed by atoms with E-state index in [0.717, 1.165) is 0 Å². The topological polar surface area (TPSA) is 9.72 Å². The van der Waals surface area contributed by atoms with Crippen LogP contribution in [0.5, 0.6) is 0 Å². The fourth-order valence-electron chi connectivity index (χ4n) is 0. The fourth-order valence-corrected chi connectivity index (χ4v) is 0. The van der Waals surface area contributed by atoms with Gasteiger partial charge in [-0.15, -0.1) is 37.9 Å². The van der Waals surface area contributed by atoms with Gasteiger partial charge in [0.15, 0.2) is 0 Å². The Labute approximate surface area is 160 Å². The second kappa shape index (κ2) is 17.3. The predicted molar refractivity (Wildman–Crippen MR) is 106 cm³/mol. The van der Waals surface area contributed by atoms with Crippen molar-refractivity contribution in [2.24, 2.45) is 0 Å². The summed E-state index contributed by atoms with van der Waals surface area (Å²) in [6.07, 6.45) is 0. The molecule has 0 fully saturated rings. The molecule has 0 saturated carbocycles. The second-order valence-electron chi connectivity index (χ2n) is 3.53. The summed E-state index contributed by atoms with van der Waals surface area (Å²) >= 11 is 25.4. The van der Waals surface area contributed by atoms with Crippen LogP contribution >= 0.6 is 74.5 Å². The molecule has 3 nitrogen and oxygen atoms in total. The van der Waals surface area contributed by atoms with Crippen LogP contribution in [0.4, 0.5) is 0 Å². The van der Waals surface area contributed by atoms with Gasteiger partial charge in [-0.05, 0) is 0 Å². The Morgan fingerprint density at radius 3 is 0.632 bits per heavy atom. The van der Waals surface area contributed by atoms with Crippen LogP contribution in [0.3, 0.4) is 0 Å². The van der Waals surface area contributed by atoms with Crippen molar-refractivity contribution in [1.29, 1.82) is 0 Å². The van der Waals surface area contributed by atoms with Gasteiger partial charge in [0.05, 0.1) is 0 Å². The molecule has 0 amide bonds. The molecule has 10 heteroatoms. The van der Waals surface area contributed by atoms with Crippen molar-refractivity contribution in [3.05, 3.63) is 0 Å². The maximum absolute atomic E-state index is 4.61. The summed E-state index contributed by atoms with van der Waals surface area (Å²) < 4.78 is 1.86. The van der Waals surface area contributed by atoms with Crippen molar-refractivity contribution in [3.8, 4) is 0 Å². The molecule has 0 aromatic carbocycles. The van der Waals surface area contributed by atoms with Crippen molar-refractivity contribution in [2.75, 3.05) is 42.3 Å². The van der Waals surface area contributed by atoms with Crippen molar-refractivity contribution >= 4 is 87.5 Å². The number of hydrogen-bond acceptors (Lipinski definition) is 3. The number of thiol groups is 3. The summed E-state index contributed by atoms with van der Waals surface area (Å²) in [5.74, 6) is 0. The van der Waals surface area contributed by atoms with Crippen LogP contribution in [-0.2, 0) is 17.1 Å². The molecule has 0 saturated heterocycles. The van der Waals surface area contributed by atoms with Crippen LogP contribution in [0, 0.1) is 0 Å². The summed E-state index contributed by atoms with van der Waals surface area (Å²) in [4.78, 5) is 5.29. The van der Waals surface area contributed by atoms with Crippen LogP contribution in [0.25, 0.3) is 0 Å². The maximum Gasteiger partial charge on any atom is 0.132 e. The zero-order valence-corrected chi connectivity index (χ0v) is 18.0. The number of hydrogen-bond donors (Lipinski definition) is 3. The molecule has 0 radical (unpaired) electrons. The van der Waals surface area contributed by atoms with Gasteiger partial charge >= 0.3 is 0 Å². The summed E-state index contributed by atoms with van der Waals surface area (Å²) in [6, 6.07) is 0. The van der Waals surface area contributed by atoms with Crippen LogP contribution in [0.2, 0.25) is 0 Å². The molecule has 0 aromatic heterocycles. The third kappa shape index (κ3) is 32.6. The first-order chi connectivity index (χ1) is 7.93. The molecule has 116 valence electrons. The predicted octanol–water partition coefficient (Wildman–Crippen LogP) is 2.29. The number of thiocarbonyl (C=S) groups is 3. The van der Waals surface area contributed by atoms with Crippen LogP contribution in [0.1, 0.15) is 0 Å². The molecule has 0 rings (SSSR count). The third-order valence-corrected chi connectivity index (χ3v) is 3.44. The summed E-state index contributed by atoms with van der Waals surface area (Å²) in [5, 5.41) is 0. The largest absolute Gasteiger partial charge is 0.364 e. The summed E-state index contributed by atoms with van der Waals surface area (Å²) in [5.41, 5.74) is 0. The minimum atomic E-state index is 0. The molecule has 0 aliphatic rings. The quantitative estimate of drug-likeness (QED) is 0.314. The zero-order chi connectivity index (χ0) is 15.5. The zero-order valence-electron chi connectivity index (χ0n) is 11.8. The Balaban J connectivity index is -0.0000000865. The van der Waals surface area contributed by atoms with E-state index in [-0.39, 0.29) is 17.1 Å². The standard InChI is InChI=1S/3C3H7NS2.Fe/c3*1-4(2)3(5)6;/h3*1-2H3,(H,5,6);. The molecule has 0 aliphatic carbocycles. The van der Waals surface area contributed by atoms with Crippen molar-refractivity contribution in [2.45, 2.75) is 0 Å². The molecule has 0 unspecified atom stereocenters. The molecular formula is C9H21FeN3S6. The molecule has 19 heavy (non-hydrogen) atoms. The van der Waals surface area contributed by atoms with Crippen LogP contribution in [-0.4, -0.2) is 69.9 Å². The molecule has 0 aromatic rings. The van der Waals surface area contributed by atoms with Gasteiger partial charge in [-0.3, -0.25) is 0 Å². The molecule has 0 atom stereocenters. The Morgan fingerprint density at radius 2 is 0.632 bits per heavy atom. The normalized spacial score (nSPS) is 7.42. The first-order valence-corrected chi connectivity index (χ1v) is 7.20. The second-order valence-corrected chi connectivity index (χ2v) is 6.87. The molecule has 0 bridgehead atoms. The van der Waals surface area contributed by atoms with E-state index in [1.165, 1.54) is 0 Å². The van der Waals surface area contributed by atoms with Crippen molar-refractivity contribution < 1.29 is 17.1 Å². The van der Waals surface area contributed by atoms with Gasteiger partial charge in [0.2, 0.25) is 0 Å². The average molecular weight is 420 g/mol. The van der Waals surface area contributed by atoms with Gasteiger partial charge in [-0.25, -0.2) is 0 Å². The maximum atomic E-state index is 4.61. The SMILES string of the molecule is CN(C)C(=S)S.CN(C)C(=S)S.CN(C)C(=S)S.[Fe]. The Morgan fingerprint density at radius 1 is 0.579 bits per heavy atom. The van der Waals surface area contributed by atoms with Crippen molar-refractivity contribution in [1.82, 2.24) is 14.7 Å². The number of rotatable bonds is 0. The monoisotopic (exact) mass is 419 g/mol. The van der Waals surface area contributed by atoms with Gasteiger partial charge in [-0.1, -0.05) is 36.7 Å². The van der Waals surface area contributed by atoms with E-state index in [9.17, 15) is 0 Å². The van der Waals surface area contributed by atoms with E-state index < -0.39 is 0 Å². The van der Waals surface area contributed by atoms with Crippen LogP contribution in [0.15, 0.2) is 0 Å². The van der Waals surface area contributed by atoms with E-state index in [1.807, 2.05) is 42.3 Å². The first-order valence-electron chi connectivity index (χ1n) is 4.64. The van der Waals surface area contributed by atoms with Crippen molar-refractivity contribution in [3.63, 3.8) is 0 Å². The summed E-state index contributed by atoms with van der Waals surface area (Å²) in [7, 11) is 11.1. The van der Waals surface area contributed by atoms with E-state index >= 15 is 0 Å². The minimum absolute atomic E-state index is 0. The van der Waals surface area contributed by atoms with Gasteiger partial charge in [-0.2, -0.15) is 0 Å². The molecular weight excluding hydrogens is 398 g/mol. The van der Waals surface area contributed by atoms with E-state index in [4.69, 9.17) is 0 Å². The summed E-state index contributed by atoms with van der Waals surface area (Å²) in [6.45, 7) is 0. The first kappa shape index (κ1) is 28.4. The molecule has 0 spiro atoms. The Hall–Kier alpha value is 1.24. The van der Waals surface area contributed by atoms with Gasteiger partial charge in [0.1, 0.15) is 13.0 Å². The smallest absolute Gasteiger partial charge is 0.132 e. The van der Waals surface area contributed by atoms with Gasteiger partial charge in [0, 0.05) is 59.4 Å². The molecule has 0 aliphatic heterocycles.